The van der Waals surface area contributed by atoms with Crippen LogP contribution in [-0.4, -0.2) is 21.3 Å². The number of amides is 1. The highest BCUT2D eigenvalue weighted by molar-refractivity contribution is 8.00. The third-order valence-electron chi connectivity index (χ3n) is 4.43. The van der Waals surface area contributed by atoms with E-state index in [1.807, 2.05) is 13.0 Å². The molecule has 0 bridgehead atoms. The van der Waals surface area contributed by atoms with E-state index in [2.05, 4.69) is 16.5 Å². The summed E-state index contributed by atoms with van der Waals surface area (Å²) in [5.74, 6) is 0.883. The van der Waals surface area contributed by atoms with Crippen LogP contribution in [0.15, 0.2) is 21.7 Å². The predicted molar refractivity (Wildman–Crippen MR) is 100 cm³/mol. The first kappa shape index (κ1) is 18.5. The lowest BCUT2D eigenvalue weighted by Gasteiger charge is -2.15. The van der Waals surface area contributed by atoms with Crippen molar-refractivity contribution in [2.45, 2.75) is 62.6 Å². The highest BCUT2D eigenvalue weighted by Gasteiger charge is 2.23. The Bertz CT molecular complexity index is 841. The molecule has 136 valence electrons. The molecular weight excluding hydrogens is 348 g/mol. The summed E-state index contributed by atoms with van der Waals surface area (Å²) < 4.78 is 4.98. The molecule has 1 aliphatic rings. The number of thioether (sulfide) groups is 1. The molecule has 26 heavy (non-hydrogen) atoms. The van der Waals surface area contributed by atoms with Gasteiger partial charge in [0.2, 0.25) is 5.91 Å². The van der Waals surface area contributed by atoms with Crippen molar-refractivity contribution in [3.05, 3.63) is 34.7 Å². The second-order valence-corrected chi connectivity index (χ2v) is 7.64. The number of hydrogen-bond donors (Lipinski definition) is 1. The van der Waals surface area contributed by atoms with Crippen molar-refractivity contribution >= 4 is 23.5 Å². The first-order chi connectivity index (χ1) is 12.6. The number of aromatic nitrogens is 2. The third kappa shape index (κ3) is 4.25. The maximum Gasteiger partial charge on any atom is 0.239 e. The van der Waals surface area contributed by atoms with Gasteiger partial charge in [0.25, 0.3) is 0 Å². The van der Waals surface area contributed by atoms with Crippen LogP contribution < -0.4 is 5.32 Å². The molecule has 3 rings (SSSR count). The van der Waals surface area contributed by atoms with Crippen molar-refractivity contribution in [2.24, 2.45) is 0 Å². The quantitative estimate of drug-likeness (QED) is 0.631. The van der Waals surface area contributed by atoms with E-state index in [-0.39, 0.29) is 11.2 Å². The summed E-state index contributed by atoms with van der Waals surface area (Å²) in [6.07, 6.45) is 6.00. The molecule has 0 spiro atoms. The average Bonchev–Trinajstić information content (AvgIpc) is 2.91. The van der Waals surface area contributed by atoms with Crippen molar-refractivity contribution < 1.29 is 9.32 Å². The van der Waals surface area contributed by atoms with E-state index in [9.17, 15) is 10.1 Å². The fourth-order valence-electron chi connectivity index (χ4n) is 3.05. The van der Waals surface area contributed by atoms with Crippen LogP contribution in [-0.2, 0) is 17.6 Å². The molecule has 7 heteroatoms. The summed E-state index contributed by atoms with van der Waals surface area (Å²) in [6.45, 7) is 3.72. The number of rotatable bonds is 5. The minimum absolute atomic E-state index is 0.161. The van der Waals surface area contributed by atoms with Crippen molar-refractivity contribution in [1.29, 1.82) is 5.26 Å². The van der Waals surface area contributed by atoms with Crippen LogP contribution in [0, 0.1) is 18.3 Å². The molecule has 1 atom stereocenters. The van der Waals surface area contributed by atoms with Gasteiger partial charge in [0.05, 0.1) is 10.8 Å². The number of nitrogens with one attached hydrogen (secondary N) is 1. The summed E-state index contributed by atoms with van der Waals surface area (Å²) in [4.78, 5) is 17.3. The van der Waals surface area contributed by atoms with Crippen LogP contribution in [0.5, 0.6) is 0 Å². The van der Waals surface area contributed by atoms with E-state index in [0.29, 0.717) is 28.6 Å². The fourth-order valence-corrected chi connectivity index (χ4v) is 4.05. The van der Waals surface area contributed by atoms with Crippen LogP contribution in [0.1, 0.15) is 55.2 Å². The lowest BCUT2D eigenvalue weighted by atomic mass is 10.1. The van der Waals surface area contributed by atoms with E-state index in [1.165, 1.54) is 23.7 Å². The van der Waals surface area contributed by atoms with Crippen LogP contribution >= 0.6 is 11.8 Å². The highest BCUT2D eigenvalue weighted by atomic mass is 32.2. The first-order valence-corrected chi connectivity index (χ1v) is 9.82. The van der Waals surface area contributed by atoms with Crippen LogP contribution in [0.2, 0.25) is 0 Å². The first-order valence-electron chi connectivity index (χ1n) is 8.94. The van der Waals surface area contributed by atoms with Gasteiger partial charge in [-0.3, -0.25) is 4.79 Å². The molecule has 2 aromatic heterocycles. The maximum atomic E-state index is 12.6. The molecule has 0 fully saturated rings. The zero-order valence-corrected chi connectivity index (χ0v) is 15.9. The highest BCUT2D eigenvalue weighted by Crippen LogP contribution is 2.31. The third-order valence-corrected chi connectivity index (χ3v) is 5.80. The molecule has 2 aromatic rings. The van der Waals surface area contributed by atoms with E-state index in [0.717, 1.165) is 31.4 Å². The Morgan fingerprint density at radius 2 is 2.19 bits per heavy atom. The lowest BCUT2D eigenvalue weighted by Crippen LogP contribution is -2.25. The summed E-state index contributed by atoms with van der Waals surface area (Å²) in [7, 11) is 0. The minimum Gasteiger partial charge on any atom is -0.360 e. The van der Waals surface area contributed by atoms with Crippen molar-refractivity contribution in [3.8, 4) is 6.07 Å². The Hall–Kier alpha value is -2.33. The number of hydrogen-bond acceptors (Lipinski definition) is 6. The zero-order chi connectivity index (χ0) is 18.5. The number of carbonyl (C=O) groups excluding carboxylic acids is 1. The topological polar surface area (TPSA) is 91.8 Å². The van der Waals surface area contributed by atoms with Gasteiger partial charge in [0, 0.05) is 11.8 Å². The lowest BCUT2D eigenvalue weighted by molar-refractivity contribution is -0.115. The van der Waals surface area contributed by atoms with Crippen molar-refractivity contribution in [1.82, 2.24) is 10.1 Å². The number of carbonyl (C=O) groups is 1. The number of nitriles is 1. The fraction of sp³-hybridized carbons (Fsp3) is 0.474. The van der Waals surface area contributed by atoms with Gasteiger partial charge in [-0.1, -0.05) is 30.3 Å². The predicted octanol–water partition coefficient (Wildman–Crippen LogP) is 4.03. The molecular formula is C19H22N4O2S. The van der Waals surface area contributed by atoms with E-state index < -0.39 is 0 Å². The molecule has 1 aliphatic carbocycles. The minimum atomic E-state index is -0.351. The number of nitrogens with zero attached hydrogens (tertiary/aromatic N) is 3. The summed E-state index contributed by atoms with van der Waals surface area (Å²) in [5, 5.41) is 16.4. The molecule has 0 aliphatic heterocycles. The van der Waals surface area contributed by atoms with Gasteiger partial charge in [-0.2, -0.15) is 5.26 Å². The Balaban J connectivity index is 1.80. The smallest absolute Gasteiger partial charge is 0.239 e. The van der Waals surface area contributed by atoms with Gasteiger partial charge in [-0.25, -0.2) is 4.98 Å². The number of anilines is 1. The van der Waals surface area contributed by atoms with E-state index in [1.54, 1.807) is 13.0 Å². The van der Waals surface area contributed by atoms with Crippen molar-refractivity contribution in [3.63, 3.8) is 0 Å². The maximum absolute atomic E-state index is 12.6. The van der Waals surface area contributed by atoms with Crippen LogP contribution in [0.25, 0.3) is 0 Å². The van der Waals surface area contributed by atoms with Crippen LogP contribution in [0.4, 0.5) is 5.82 Å². The Labute approximate surface area is 157 Å². The Morgan fingerprint density at radius 1 is 1.38 bits per heavy atom. The molecule has 0 radical (unpaired) electrons. The monoisotopic (exact) mass is 370 g/mol. The van der Waals surface area contributed by atoms with Gasteiger partial charge >= 0.3 is 0 Å². The Kier molecular flexibility index (Phi) is 5.94. The number of fused-ring (bicyclic) bond motifs is 1. The SMILES string of the molecule is CC[C@@H](Sc1nc2c(cc1C#N)CCCCC2)C(=O)Nc1cc(C)on1. The average molecular weight is 370 g/mol. The molecule has 0 aromatic carbocycles. The molecule has 0 unspecified atom stereocenters. The van der Waals surface area contributed by atoms with Gasteiger partial charge in [-0.05, 0) is 50.7 Å². The molecule has 6 nitrogen and oxygen atoms in total. The molecule has 2 heterocycles. The number of pyridine rings is 1. The largest absolute Gasteiger partial charge is 0.360 e. The summed E-state index contributed by atoms with van der Waals surface area (Å²) in [6, 6.07) is 5.88. The zero-order valence-electron chi connectivity index (χ0n) is 15.0. The second kappa shape index (κ2) is 8.37. The van der Waals surface area contributed by atoms with Crippen molar-refractivity contribution in [2.75, 3.05) is 5.32 Å². The van der Waals surface area contributed by atoms with Gasteiger partial charge in [0.15, 0.2) is 5.82 Å². The Morgan fingerprint density at radius 3 is 2.88 bits per heavy atom. The molecule has 0 saturated heterocycles. The van der Waals surface area contributed by atoms with Crippen LogP contribution in [0.3, 0.4) is 0 Å². The normalized spacial score (nSPS) is 14.8. The van der Waals surface area contributed by atoms with Gasteiger partial charge < -0.3 is 9.84 Å². The molecule has 1 amide bonds. The van der Waals surface area contributed by atoms with E-state index >= 15 is 0 Å². The molecule has 1 N–H and O–H groups in total. The van der Waals surface area contributed by atoms with E-state index in [4.69, 9.17) is 9.51 Å². The summed E-state index contributed by atoms with van der Waals surface area (Å²) >= 11 is 1.35. The van der Waals surface area contributed by atoms with Gasteiger partial charge in [-0.15, -0.1) is 0 Å². The standard InChI is InChI=1S/C19H22N4O2S/c1-3-16(18(24)22-17-9-12(2)25-23-17)26-19-14(11-20)10-13-7-5-4-6-8-15(13)21-19/h9-10,16H,3-8H2,1-2H3,(H,22,23,24)/t16-/m1/s1. The second-order valence-electron chi connectivity index (χ2n) is 6.45. The van der Waals surface area contributed by atoms with Gasteiger partial charge in [0.1, 0.15) is 16.9 Å². The molecule has 0 saturated carbocycles. The summed E-state index contributed by atoms with van der Waals surface area (Å²) in [5.41, 5.74) is 2.81. The number of aryl methyl sites for hydroxylation is 3.